The smallest absolute Gasteiger partial charge is 0.175 e. The third-order valence-electron chi connectivity index (χ3n) is 4.29. The molecule has 0 aliphatic carbocycles. The lowest BCUT2D eigenvalue weighted by Crippen LogP contribution is -2.38. The summed E-state index contributed by atoms with van der Waals surface area (Å²) in [7, 11) is 0.355. The Bertz CT molecular complexity index is 717. The Hall–Kier alpha value is -1.46. The molecular formula is C22H35NO3S. The zero-order valence-electron chi connectivity index (χ0n) is 18.3. The molecule has 1 aliphatic heterocycles. The highest BCUT2D eigenvalue weighted by Gasteiger charge is 2.43. The fourth-order valence-electron chi connectivity index (χ4n) is 3.15. The van der Waals surface area contributed by atoms with Gasteiger partial charge in [0, 0.05) is 5.57 Å². The molecule has 1 aliphatic rings. The van der Waals surface area contributed by atoms with Crippen LogP contribution in [0.4, 0.5) is 0 Å². The Morgan fingerprint density at radius 2 is 1.85 bits per heavy atom. The number of hydrogen-bond donors (Lipinski definition) is 0. The molecule has 1 fully saturated rings. The maximum Gasteiger partial charge on any atom is 0.175 e. The lowest BCUT2D eigenvalue weighted by molar-refractivity contribution is -0.114. The largest absolute Gasteiger partial charge is 0.496 e. The van der Waals surface area contributed by atoms with Crippen molar-refractivity contribution in [2.45, 2.75) is 66.2 Å². The van der Waals surface area contributed by atoms with Gasteiger partial charge in [-0.25, -0.2) is 8.51 Å². The average molecular weight is 394 g/mol. The van der Waals surface area contributed by atoms with Crippen molar-refractivity contribution in [3.63, 3.8) is 0 Å². The minimum Gasteiger partial charge on any atom is -0.496 e. The van der Waals surface area contributed by atoms with Crippen LogP contribution in [-0.4, -0.2) is 32.7 Å². The van der Waals surface area contributed by atoms with Crippen molar-refractivity contribution in [2.75, 3.05) is 13.7 Å². The second kappa shape index (κ2) is 9.65. The van der Waals surface area contributed by atoms with E-state index in [1.165, 1.54) is 0 Å². The van der Waals surface area contributed by atoms with Crippen LogP contribution in [0.2, 0.25) is 0 Å². The second-order valence-corrected chi connectivity index (χ2v) is 10.00. The minimum atomic E-state index is -1.29. The van der Waals surface area contributed by atoms with E-state index < -0.39 is 15.7 Å². The molecule has 2 atom stereocenters. The molecule has 4 nitrogen and oxygen atoms in total. The monoisotopic (exact) mass is 393 g/mol. The van der Waals surface area contributed by atoms with Crippen LogP contribution < -0.4 is 4.74 Å². The second-order valence-electron chi connectivity index (χ2n) is 7.80. The van der Waals surface area contributed by atoms with E-state index >= 15 is 0 Å². The average Bonchev–Trinajstić information content (AvgIpc) is 2.91. The number of Topliss-reactive ketones (excluding diaryl/α,β-unsaturated/α-hetero) is 1. The summed E-state index contributed by atoms with van der Waals surface area (Å²) in [6.07, 6.45) is 2.01. The number of ether oxygens (including phenoxy) is 1. The Morgan fingerprint density at radius 1 is 1.26 bits per heavy atom. The van der Waals surface area contributed by atoms with Gasteiger partial charge in [0.1, 0.15) is 16.7 Å². The highest BCUT2D eigenvalue weighted by atomic mass is 32.2. The van der Waals surface area contributed by atoms with Crippen molar-refractivity contribution in [1.82, 2.24) is 4.31 Å². The van der Waals surface area contributed by atoms with Gasteiger partial charge < -0.3 is 4.74 Å². The summed E-state index contributed by atoms with van der Waals surface area (Å²) < 4.78 is 20.0. The third-order valence-corrected chi connectivity index (χ3v) is 6.11. The van der Waals surface area contributed by atoms with E-state index in [2.05, 4.69) is 13.8 Å². The van der Waals surface area contributed by atoms with Crippen molar-refractivity contribution in [3.8, 4) is 5.75 Å². The molecule has 1 unspecified atom stereocenters. The van der Waals surface area contributed by atoms with Crippen LogP contribution in [0.1, 0.15) is 65.6 Å². The van der Waals surface area contributed by atoms with E-state index in [0.717, 1.165) is 22.4 Å². The van der Waals surface area contributed by atoms with Crippen molar-refractivity contribution >= 4 is 16.8 Å². The summed E-state index contributed by atoms with van der Waals surface area (Å²) in [5, 5.41) is 0. The molecule has 5 heteroatoms. The number of carbonyl (C=O) groups excluding carboxylic acids is 1. The molecule has 27 heavy (non-hydrogen) atoms. The highest BCUT2D eigenvalue weighted by Crippen LogP contribution is 2.41. The Labute approximate surface area is 167 Å². The number of benzene rings is 1. The van der Waals surface area contributed by atoms with Gasteiger partial charge in [0.15, 0.2) is 5.78 Å². The van der Waals surface area contributed by atoms with Crippen molar-refractivity contribution in [3.05, 3.63) is 41.0 Å². The van der Waals surface area contributed by atoms with Gasteiger partial charge in [-0.15, -0.1) is 0 Å². The molecule has 0 spiro atoms. The summed E-state index contributed by atoms with van der Waals surface area (Å²) in [5.74, 6) is 1.08. The first-order chi connectivity index (χ1) is 12.6. The molecule has 0 saturated carbocycles. The van der Waals surface area contributed by atoms with E-state index in [1.807, 2.05) is 70.1 Å². The Morgan fingerprint density at radius 3 is 2.33 bits per heavy atom. The number of allylic oxidation sites excluding steroid dienone is 1. The molecule has 1 aromatic rings. The first kappa shape index (κ1) is 23.6. The number of nitrogens with zero attached hydrogens (tertiary/aromatic N) is 1. The predicted molar refractivity (Wildman–Crippen MR) is 114 cm³/mol. The van der Waals surface area contributed by atoms with Crippen molar-refractivity contribution in [1.29, 1.82) is 0 Å². The number of rotatable bonds is 4. The van der Waals surface area contributed by atoms with Crippen LogP contribution in [0.3, 0.4) is 0 Å². The van der Waals surface area contributed by atoms with Crippen LogP contribution >= 0.6 is 0 Å². The lowest BCUT2D eigenvalue weighted by atomic mass is 9.93. The number of hydrogen-bond acceptors (Lipinski definition) is 3. The zero-order chi connectivity index (χ0) is 20.9. The number of carbonyl (C=O) groups is 1. The quantitative estimate of drug-likeness (QED) is 0.676. The lowest BCUT2D eigenvalue weighted by Gasteiger charge is -2.31. The Balaban J connectivity index is 0.00000176. The van der Waals surface area contributed by atoms with Gasteiger partial charge in [0.2, 0.25) is 0 Å². The maximum absolute atomic E-state index is 13.1. The minimum absolute atomic E-state index is 0.0542. The summed E-state index contributed by atoms with van der Waals surface area (Å²) >= 11 is 0. The van der Waals surface area contributed by atoms with E-state index in [9.17, 15) is 9.00 Å². The summed E-state index contributed by atoms with van der Waals surface area (Å²) in [4.78, 5) is 12.7. The summed E-state index contributed by atoms with van der Waals surface area (Å²) in [5.41, 5.74) is 2.70. The maximum atomic E-state index is 13.1. The molecule has 0 amide bonds. The topological polar surface area (TPSA) is 46.6 Å². The van der Waals surface area contributed by atoms with E-state index in [-0.39, 0.29) is 24.3 Å². The predicted octanol–water partition coefficient (Wildman–Crippen LogP) is 5.00. The fourth-order valence-corrected chi connectivity index (χ4v) is 4.51. The van der Waals surface area contributed by atoms with Gasteiger partial charge in [-0.05, 0) is 50.8 Å². The van der Waals surface area contributed by atoms with Gasteiger partial charge in [-0.1, -0.05) is 45.9 Å². The first-order valence-corrected chi connectivity index (χ1v) is 10.8. The molecular weight excluding hydrogens is 358 g/mol. The van der Waals surface area contributed by atoms with E-state index in [1.54, 1.807) is 7.11 Å². The molecule has 0 N–H and O–H groups in total. The van der Waals surface area contributed by atoms with Gasteiger partial charge in [0.05, 0.1) is 24.4 Å². The van der Waals surface area contributed by atoms with Crippen LogP contribution in [-0.2, 0) is 15.8 Å². The van der Waals surface area contributed by atoms with Crippen LogP contribution in [0.15, 0.2) is 29.8 Å². The van der Waals surface area contributed by atoms with Gasteiger partial charge in [0.25, 0.3) is 0 Å². The molecule has 2 rings (SSSR count). The van der Waals surface area contributed by atoms with Crippen LogP contribution in [0.25, 0.3) is 0 Å². The molecule has 1 heterocycles. The zero-order valence-corrected chi connectivity index (χ0v) is 19.1. The van der Waals surface area contributed by atoms with Gasteiger partial charge in [-0.3, -0.25) is 4.79 Å². The number of methoxy groups -OCH3 is 1. The fraction of sp³-hybridized carbons (Fsp3) is 0.591. The van der Waals surface area contributed by atoms with Gasteiger partial charge >= 0.3 is 0 Å². The normalized spacial score (nSPS) is 20.6. The molecule has 0 bridgehead atoms. The van der Waals surface area contributed by atoms with Crippen LogP contribution in [0.5, 0.6) is 5.75 Å². The highest BCUT2D eigenvalue weighted by molar-refractivity contribution is 7.84. The first-order valence-electron chi connectivity index (χ1n) is 9.65. The molecule has 0 radical (unpaired) electrons. The van der Waals surface area contributed by atoms with Crippen molar-refractivity contribution < 1.29 is 13.7 Å². The number of ketones is 1. The van der Waals surface area contributed by atoms with E-state index in [0.29, 0.717) is 0 Å². The van der Waals surface area contributed by atoms with E-state index in [4.69, 9.17) is 4.74 Å². The molecule has 0 aromatic heterocycles. The molecule has 152 valence electrons. The standard InChI is InChI=1S/C20H29NO3S.C2H6/c1-13(2)11-16-17(22)12-21(25(23)20(4,5)6)19(16)15-9-8-10-18(24-7)14(15)3;1-2/h8-11,13,19H,12H2,1-7H3;1-2H3/b16-11+;/t19-,25?;/m1./s1. The van der Waals surface area contributed by atoms with Crippen LogP contribution in [0, 0.1) is 12.8 Å². The SMILES string of the molecule is CC.COc1cccc([C@@H]2/C(=C/C(C)C)C(=O)CN2S(=O)C(C)(C)C)c1C. The molecule has 1 saturated heterocycles. The molecule has 1 aromatic carbocycles. The summed E-state index contributed by atoms with van der Waals surface area (Å²) in [6.45, 7) is 16.1. The van der Waals surface area contributed by atoms with Crippen molar-refractivity contribution in [2.24, 2.45) is 5.92 Å². The third kappa shape index (κ3) is 5.29. The van der Waals surface area contributed by atoms with Gasteiger partial charge in [-0.2, -0.15) is 0 Å². The Kier molecular flexibility index (Phi) is 8.43. The summed E-state index contributed by atoms with van der Waals surface area (Å²) in [6, 6.07) is 5.54.